The monoisotopic (exact) mass is 518 g/mol. The lowest BCUT2D eigenvalue weighted by Crippen LogP contribution is -2.41. The van der Waals surface area contributed by atoms with Crippen molar-refractivity contribution < 1.29 is 19.7 Å². The van der Waals surface area contributed by atoms with Gasteiger partial charge in [0.2, 0.25) is 0 Å². The van der Waals surface area contributed by atoms with Crippen LogP contribution in [-0.4, -0.2) is 52.8 Å². The Morgan fingerprint density at radius 2 is 1.97 bits per heavy atom. The van der Waals surface area contributed by atoms with Gasteiger partial charge in [-0.1, -0.05) is 30.7 Å². The minimum atomic E-state index is -0.729. The molecule has 2 N–H and O–H groups in total. The Labute approximate surface area is 226 Å². The molecule has 6 heteroatoms. The quantitative estimate of drug-likeness (QED) is 0.263. The van der Waals surface area contributed by atoms with Crippen LogP contribution in [0.2, 0.25) is 0 Å². The van der Waals surface area contributed by atoms with Crippen molar-refractivity contribution in [3.8, 4) is 5.75 Å². The number of likely N-dealkylation sites (tertiary alicyclic amines) is 1. The Balaban J connectivity index is 1.28. The number of carboxylic acids is 1. The average Bonchev–Trinajstić information content (AvgIpc) is 2.92. The highest BCUT2D eigenvalue weighted by Crippen LogP contribution is 2.35. The second kappa shape index (κ2) is 13.7. The number of aliphatic carboxylic acids is 1. The molecule has 3 atom stereocenters. The van der Waals surface area contributed by atoms with Gasteiger partial charge in [-0.05, 0) is 111 Å². The van der Waals surface area contributed by atoms with Gasteiger partial charge >= 0.3 is 5.97 Å². The number of pyridine rings is 1. The van der Waals surface area contributed by atoms with Crippen LogP contribution in [-0.2, 0) is 11.2 Å². The Morgan fingerprint density at radius 1 is 1.13 bits per heavy atom. The van der Waals surface area contributed by atoms with Crippen LogP contribution < -0.4 is 4.74 Å². The number of aliphatic hydroxyl groups excluding tert-OH is 1. The van der Waals surface area contributed by atoms with Gasteiger partial charge in [-0.2, -0.15) is 0 Å². The van der Waals surface area contributed by atoms with Crippen LogP contribution >= 0.6 is 0 Å². The van der Waals surface area contributed by atoms with Crippen LogP contribution in [0.15, 0.2) is 54.7 Å². The molecule has 6 nitrogen and oxygen atoms in total. The maximum atomic E-state index is 11.7. The van der Waals surface area contributed by atoms with Crippen molar-refractivity contribution in [1.82, 2.24) is 9.88 Å². The Bertz CT molecular complexity index is 1200. The van der Waals surface area contributed by atoms with Crippen LogP contribution in [0, 0.1) is 18.8 Å². The molecule has 204 valence electrons. The number of ether oxygens (including phenoxy) is 1. The van der Waals surface area contributed by atoms with Crippen molar-refractivity contribution in [3.05, 3.63) is 71.4 Å². The molecule has 0 spiro atoms. The van der Waals surface area contributed by atoms with Crippen molar-refractivity contribution in [2.75, 3.05) is 26.7 Å². The maximum absolute atomic E-state index is 11.7. The third-order valence-electron chi connectivity index (χ3n) is 8.25. The fourth-order valence-electron chi connectivity index (χ4n) is 6.00. The Morgan fingerprint density at radius 3 is 2.76 bits per heavy atom. The Hall–Kier alpha value is -2.96. The third-order valence-corrected chi connectivity index (χ3v) is 8.25. The van der Waals surface area contributed by atoms with Crippen LogP contribution in [0.4, 0.5) is 0 Å². The van der Waals surface area contributed by atoms with Crippen LogP contribution in [0.5, 0.6) is 5.75 Å². The number of hydrogen-bond donors (Lipinski definition) is 2. The van der Waals surface area contributed by atoms with E-state index in [1.165, 1.54) is 24.0 Å². The van der Waals surface area contributed by atoms with Gasteiger partial charge in [-0.15, -0.1) is 0 Å². The maximum Gasteiger partial charge on any atom is 0.303 e. The molecule has 0 amide bonds. The average molecular weight is 519 g/mol. The first-order valence-corrected chi connectivity index (χ1v) is 14.0. The van der Waals surface area contributed by atoms with Crippen molar-refractivity contribution in [2.24, 2.45) is 11.8 Å². The number of rotatable bonds is 13. The number of nitrogens with zero attached hydrogens (tertiary/aromatic N) is 2. The zero-order valence-electron chi connectivity index (χ0n) is 22.8. The van der Waals surface area contributed by atoms with E-state index in [0.717, 1.165) is 67.5 Å². The van der Waals surface area contributed by atoms with E-state index in [9.17, 15) is 15.0 Å². The number of aromatic nitrogens is 1. The standard InChI is InChI=1S/C32H42N2O4/c1-23-8-5-6-10-24(23)9-4-3-7-18-34-19-16-25(26(22-34)20-32(36)37)11-14-31(35)28-15-17-33-30-13-12-27(38-2)21-29(28)30/h5-6,8,10,12-13,15,17,21,25-26,31,35H,3-4,7,9,11,14,16,18-20,22H2,1-2H3,(H,36,37)/t25-,26+,31-/m1/s1. The van der Waals surface area contributed by atoms with Gasteiger partial charge in [0.1, 0.15) is 5.75 Å². The number of unbranched alkanes of at least 4 members (excludes halogenated alkanes) is 2. The highest BCUT2D eigenvalue weighted by atomic mass is 16.5. The summed E-state index contributed by atoms with van der Waals surface area (Å²) in [6, 6.07) is 16.2. The number of methoxy groups -OCH3 is 1. The number of carboxylic acid groups (broad SMARTS) is 1. The highest BCUT2D eigenvalue weighted by molar-refractivity contribution is 5.83. The van der Waals surface area contributed by atoms with E-state index in [1.54, 1.807) is 13.3 Å². The molecule has 38 heavy (non-hydrogen) atoms. The van der Waals surface area contributed by atoms with Gasteiger partial charge in [-0.3, -0.25) is 9.78 Å². The highest BCUT2D eigenvalue weighted by Gasteiger charge is 2.31. The van der Waals surface area contributed by atoms with E-state index in [-0.39, 0.29) is 12.3 Å². The van der Waals surface area contributed by atoms with Crippen molar-refractivity contribution in [2.45, 2.75) is 64.4 Å². The molecule has 3 aromatic rings. The lowest BCUT2D eigenvalue weighted by atomic mass is 9.79. The molecule has 1 aromatic heterocycles. The summed E-state index contributed by atoms with van der Waals surface area (Å²) in [5, 5.41) is 21.6. The molecule has 2 heterocycles. The summed E-state index contributed by atoms with van der Waals surface area (Å²) in [5.41, 5.74) is 4.49. The zero-order chi connectivity index (χ0) is 26.9. The second-order valence-electron chi connectivity index (χ2n) is 10.8. The molecule has 1 aliphatic heterocycles. The minimum absolute atomic E-state index is 0.120. The number of piperidine rings is 1. The lowest BCUT2D eigenvalue weighted by Gasteiger charge is -2.38. The number of aliphatic hydroxyl groups is 1. The summed E-state index contributed by atoms with van der Waals surface area (Å²) in [4.78, 5) is 18.5. The van der Waals surface area contributed by atoms with Crippen molar-refractivity contribution in [3.63, 3.8) is 0 Å². The summed E-state index contributed by atoms with van der Waals surface area (Å²) >= 11 is 0. The summed E-state index contributed by atoms with van der Waals surface area (Å²) in [6.45, 7) is 5.05. The fourth-order valence-corrected chi connectivity index (χ4v) is 6.00. The zero-order valence-corrected chi connectivity index (χ0v) is 22.8. The van der Waals surface area contributed by atoms with Crippen molar-refractivity contribution >= 4 is 16.9 Å². The minimum Gasteiger partial charge on any atom is -0.497 e. The lowest BCUT2D eigenvalue weighted by molar-refractivity contribution is -0.139. The van der Waals surface area contributed by atoms with Gasteiger partial charge in [-0.25, -0.2) is 0 Å². The van der Waals surface area contributed by atoms with Gasteiger partial charge < -0.3 is 19.8 Å². The van der Waals surface area contributed by atoms with E-state index in [1.807, 2.05) is 24.3 Å². The first-order chi connectivity index (χ1) is 18.4. The summed E-state index contributed by atoms with van der Waals surface area (Å²) in [7, 11) is 1.63. The molecular weight excluding hydrogens is 476 g/mol. The molecule has 1 saturated heterocycles. The predicted molar refractivity (Wildman–Crippen MR) is 152 cm³/mol. The van der Waals surface area contributed by atoms with Gasteiger partial charge in [0.05, 0.1) is 18.7 Å². The van der Waals surface area contributed by atoms with E-state index < -0.39 is 12.1 Å². The van der Waals surface area contributed by atoms with Crippen LogP contribution in [0.1, 0.15) is 67.7 Å². The Kier molecular flexibility index (Phi) is 10.1. The molecule has 2 aromatic carbocycles. The topological polar surface area (TPSA) is 82.9 Å². The molecule has 0 aliphatic carbocycles. The van der Waals surface area contributed by atoms with E-state index in [2.05, 4.69) is 41.1 Å². The molecule has 1 fully saturated rings. The number of benzene rings is 2. The van der Waals surface area contributed by atoms with Crippen molar-refractivity contribution in [1.29, 1.82) is 0 Å². The van der Waals surface area contributed by atoms with E-state index >= 15 is 0 Å². The first-order valence-electron chi connectivity index (χ1n) is 14.0. The molecule has 4 rings (SSSR count). The predicted octanol–water partition coefficient (Wildman–Crippen LogP) is 6.19. The van der Waals surface area contributed by atoms with Crippen LogP contribution in [0.3, 0.4) is 0 Å². The largest absolute Gasteiger partial charge is 0.497 e. The molecule has 0 unspecified atom stereocenters. The molecule has 0 radical (unpaired) electrons. The smallest absolute Gasteiger partial charge is 0.303 e. The number of hydrogen-bond acceptors (Lipinski definition) is 5. The molecule has 1 aliphatic rings. The van der Waals surface area contributed by atoms with E-state index in [4.69, 9.17) is 4.74 Å². The summed E-state index contributed by atoms with van der Waals surface area (Å²) in [5.74, 6) is 0.436. The number of aryl methyl sites for hydroxylation is 2. The number of carbonyl (C=O) groups is 1. The molecule has 0 bridgehead atoms. The fraction of sp³-hybridized carbons (Fsp3) is 0.500. The van der Waals surface area contributed by atoms with Gasteiger partial charge in [0, 0.05) is 24.5 Å². The normalized spacial score (nSPS) is 18.9. The molecule has 0 saturated carbocycles. The van der Waals surface area contributed by atoms with Crippen LogP contribution in [0.25, 0.3) is 10.9 Å². The van der Waals surface area contributed by atoms with E-state index in [0.29, 0.717) is 12.3 Å². The number of fused-ring (bicyclic) bond motifs is 1. The molecular formula is C32H42N2O4. The summed E-state index contributed by atoms with van der Waals surface area (Å²) in [6.07, 6.45) is 8.37. The van der Waals surface area contributed by atoms with Gasteiger partial charge in [0.15, 0.2) is 0 Å². The second-order valence-corrected chi connectivity index (χ2v) is 10.8. The summed E-state index contributed by atoms with van der Waals surface area (Å²) < 4.78 is 5.37. The van der Waals surface area contributed by atoms with Gasteiger partial charge in [0.25, 0.3) is 0 Å². The third kappa shape index (κ3) is 7.55. The first kappa shape index (κ1) is 28.1. The SMILES string of the molecule is COc1ccc2nccc([C@H](O)CC[C@@H]3CCN(CCCCCc4ccccc4C)C[C@@H]3CC(=O)O)c2c1.